The van der Waals surface area contributed by atoms with Crippen molar-refractivity contribution in [3.8, 4) is 80.5 Å². The molecule has 0 aliphatic carbocycles. The van der Waals surface area contributed by atoms with Crippen LogP contribution >= 0.6 is 0 Å². The molecule has 0 spiro atoms. The van der Waals surface area contributed by atoms with Gasteiger partial charge in [-0.25, -0.2) is 0 Å². The molecule has 0 aliphatic heterocycles. The first-order valence-corrected chi connectivity index (χ1v) is 18.0. The van der Waals surface area contributed by atoms with Gasteiger partial charge in [0.05, 0.1) is 0 Å². The molecule has 280 valence electrons. The Morgan fingerprint density at radius 2 is 0.456 bits per heavy atom. The number of para-hydroxylation sites is 8. The maximum atomic E-state index is 6.33. The average Bonchev–Trinajstić information content (AvgIpc) is 3.23. The van der Waals surface area contributed by atoms with E-state index in [9.17, 15) is 0 Å². The zero-order chi connectivity index (χ0) is 38.8. The Balaban J connectivity index is 0.946. The lowest BCUT2D eigenvalue weighted by Gasteiger charge is -2.16. The second-order valence-corrected chi connectivity index (χ2v) is 12.6. The Kier molecular flexibility index (Phi) is 10.7. The van der Waals surface area contributed by atoms with Crippen LogP contribution in [0.1, 0.15) is 0 Å². The second-order valence-electron chi connectivity index (χ2n) is 12.6. The third-order valence-electron chi connectivity index (χ3n) is 8.35. The summed E-state index contributed by atoms with van der Waals surface area (Å²) in [5.74, 6) is 7.64. The van der Waals surface area contributed by atoms with Crippen LogP contribution < -0.4 is 44.6 Å². The van der Waals surface area contributed by atoms with Gasteiger partial charge in [-0.2, -0.15) is 0 Å². The summed E-state index contributed by atoms with van der Waals surface area (Å²) in [7, 11) is 0. The van der Waals surface area contributed by atoms with Gasteiger partial charge >= 0.3 is 0 Å². The number of nitrogen functional groups attached to an aromatic ring is 2. The van der Waals surface area contributed by atoms with Crippen LogP contribution in [-0.2, 0) is 0 Å². The van der Waals surface area contributed by atoms with Gasteiger partial charge < -0.3 is 44.6 Å². The Hall–Kier alpha value is -8.04. The van der Waals surface area contributed by atoms with Crippen LogP contribution in [0.4, 0.5) is 11.4 Å². The molecule has 8 aromatic carbocycles. The molecule has 0 aliphatic rings. The Bertz CT molecular complexity index is 2410. The molecule has 0 fully saturated rings. The monoisotopic (exact) mass is 752 g/mol. The van der Waals surface area contributed by atoms with Crippen molar-refractivity contribution in [3.05, 3.63) is 194 Å². The van der Waals surface area contributed by atoms with Crippen LogP contribution in [0.5, 0.6) is 80.5 Å². The number of nitrogens with two attached hydrogens (primary N) is 2. The van der Waals surface area contributed by atoms with E-state index in [1.807, 2.05) is 133 Å². The zero-order valence-electron chi connectivity index (χ0n) is 30.5. The fourth-order valence-electron chi connectivity index (χ4n) is 5.63. The molecule has 9 heteroatoms. The van der Waals surface area contributed by atoms with Crippen molar-refractivity contribution >= 4 is 11.4 Å². The van der Waals surface area contributed by atoms with Gasteiger partial charge in [0.1, 0.15) is 34.5 Å². The van der Waals surface area contributed by atoms with Crippen LogP contribution in [0.2, 0.25) is 0 Å². The number of ether oxygens (including phenoxy) is 7. The quantitative estimate of drug-likeness (QED) is 0.105. The molecule has 0 unspecified atom stereocenters. The predicted molar refractivity (Wildman–Crippen MR) is 221 cm³/mol. The molecular weight excluding hydrogens is 717 g/mol. The second kappa shape index (κ2) is 17.0. The van der Waals surface area contributed by atoms with E-state index in [0.29, 0.717) is 91.9 Å². The molecule has 0 atom stereocenters. The van der Waals surface area contributed by atoms with Crippen LogP contribution in [0, 0.1) is 0 Å². The van der Waals surface area contributed by atoms with Gasteiger partial charge in [-0.3, -0.25) is 0 Å². The molecule has 0 saturated heterocycles. The van der Waals surface area contributed by atoms with Crippen molar-refractivity contribution in [1.82, 2.24) is 0 Å². The number of benzene rings is 8. The molecule has 57 heavy (non-hydrogen) atoms. The topological polar surface area (TPSA) is 117 Å². The van der Waals surface area contributed by atoms with Gasteiger partial charge in [0.2, 0.25) is 0 Å². The first-order valence-electron chi connectivity index (χ1n) is 18.0. The normalized spacial score (nSPS) is 10.6. The molecule has 4 N–H and O–H groups in total. The van der Waals surface area contributed by atoms with Crippen molar-refractivity contribution in [2.45, 2.75) is 0 Å². The van der Waals surface area contributed by atoms with E-state index in [2.05, 4.69) is 0 Å². The number of hydrogen-bond acceptors (Lipinski definition) is 9. The molecule has 9 nitrogen and oxygen atoms in total. The summed E-state index contributed by atoms with van der Waals surface area (Å²) in [4.78, 5) is 0. The van der Waals surface area contributed by atoms with Crippen molar-refractivity contribution in [2.24, 2.45) is 0 Å². The van der Waals surface area contributed by atoms with Gasteiger partial charge in [0.25, 0.3) is 0 Å². The van der Waals surface area contributed by atoms with E-state index in [4.69, 9.17) is 44.6 Å². The largest absolute Gasteiger partial charge is 0.457 e. The maximum Gasteiger partial charge on any atom is 0.170 e. The average molecular weight is 753 g/mol. The van der Waals surface area contributed by atoms with E-state index in [1.165, 1.54) is 0 Å². The van der Waals surface area contributed by atoms with E-state index in [1.54, 1.807) is 60.7 Å². The lowest BCUT2D eigenvalue weighted by molar-refractivity contribution is 0.391. The summed E-state index contributed by atoms with van der Waals surface area (Å²) >= 11 is 0. The third-order valence-corrected chi connectivity index (χ3v) is 8.35. The van der Waals surface area contributed by atoms with Crippen LogP contribution in [0.25, 0.3) is 0 Å². The van der Waals surface area contributed by atoms with Gasteiger partial charge in [0, 0.05) is 23.5 Å². The molecular formula is C48H36N2O7. The first kappa shape index (κ1) is 36.0. The van der Waals surface area contributed by atoms with Gasteiger partial charge in [-0.05, 0) is 121 Å². The summed E-state index contributed by atoms with van der Waals surface area (Å²) in [6.07, 6.45) is 0. The highest BCUT2D eigenvalue weighted by Gasteiger charge is 2.14. The summed E-state index contributed by atoms with van der Waals surface area (Å²) < 4.78 is 43.8. The molecule has 0 amide bonds. The molecule has 0 radical (unpaired) electrons. The standard InChI is InChI=1S/C48H36N2O7/c49-33-23-27-35(28-24-33)52-41-15-1-5-19-45(41)56-47-21-7-3-17-43(47)54-39-13-9-11-37(31-39)51-38-12-10-14-40(32-38)55-44-18-4-8-22-48(44)57-46-20-6-2-16-42(46)53-36-29-25-34(50)26-30-36/h1-32H,49-50H2. The van der Waals surface area contributed by atoms with E-state index in [-0.39, 0.29) is 0 Å². The molecule has 8 aromatic rings. The minimum absolute atomic E-state index is 0.504. The van der Waals surface area contributed by atoms with Gasteiger partial charge in [0.15, 0.2) is 46.0 Å². The highest BCUT2D eigenvalue weighted by atomic mass is 16.6. The number of rotatable bonds is 14. The van der Waals surface area contributed by atoms with E-state index in [0.717, 1.165) is 0 Å². The lowest BCUT2D eigenvalue weighted by Crippen LogP contribution is -1.94. The van der Waals surface area contributed by atoms with Gasteiger partial charge in [-0.1, -0.05) is 60.7 Å². The van der Waals surface area contributed by atoms with Crippen molar-refractivity contribution < 1.29 is 33.2 Å². The fourth-order valence-corrected chi connectivity index (χ4v) is 5.63. The lowest BCUT2D eigenvalue weighted by atomic mass is 10.2. The number of hydrogen-bond donors (Lipinski definition) is 2. The molecule has 0 saturated carbocycles. The van der Waals surface area contributed by atoms with Crippen LogP contribution in [0.3, 0.4) is 0 Å². The highest BCUT2D eigenvalue weighted by molar-refractivity contribution is 5.53. The fraction of sp³-hybridized carbons (Fsp3) is 0. The predicted octanol–water partition coefficient (Wildman–Crippen LogP) is 13.4. The summed E-state index contributed by atoms with van der Waals surface area (Å²) in [6.45, 7) is 0. The molecule has 0 aromatic heterocycles. The highest BCUT2D eigenvalue weighted by Crippen LogP contribution is 2.42. The Labute approximate surface area is 329 Å². The smallest absolute Gasteiger partial charge is 0.170 e. The SMILES string of the molecule is Nc1ccc(Oc2ccccc2Oc2ccccc2Oc2cccc(Oc3cccc(Oc4ccccc4Oc4ccccc4Oc4ccc(N)cc4)c3)c2)cc1. The number of anilines is 2. The van der Waals surface area contributed by atoms with Crippen LogP contribution in [0.15, 0.2) is 194 Å². The van der Waals surface area contributed by atoms with Crippen molar-refractivity contribution in [1.29, 1.82) is 0 Å². The van der Waals surface area contributed by atoms with Crippen molar-refractivity contribution in [3.63, 3.8) is 0 Å². The third kappa shape index (κ3) is 9.37. The summed E-state index contributed by atoms with van der Waals surface area (Å²) in [5.41, 5.74) is 13.0. The van der Waals surface area contributed by atoms with Crippen LogP contribution in [-0.4, -0.2) is 0 Å². The van der Waals surface area contributed by atoms with E-state index < -0.39 is 0 Å². The zero-order valence-corrected chi connectivity index (χ0v) is 30.5. The Morgan fingerprint density at radius 3 is 0.754 bits per heavy atom. The minimum atomic E-state index is 0.504. The summed E-state index contributed by atoms with van der Waals surface area (Å²) in [5, 5.41) is 0. The van der Waals surface area contributed by atoms with E-state index >= 15 is 0 Å². The Morgan fingerprint density at radius 1 is 0.211 bits per heavy atom. The maximum absolute atomic E-state index is 6.33. The molecule has 0 bridgehead atoms. The molecule has 8 rings (SSSR count). The summed E-state index contributed by atoms with van der Waals surface area (Å²) in [6, 6.07) is 58.7. The van der Waals surface area contributed by atoms with Gasteiger partial charge in [-0.15, -0.1) is 0 Å². The minimum Gasteiger partial charge on any atom is -0.457 e. The first-order chi connectivity index (χ1) is 28.0. The van der Waals surface area contributed by atoms with Crippen molar-refractivity contribution in [2.75, 3.05) is 11.5 Å². The molecule has 0 heterocycles.